The van der Waals surface area contributed by atoms with Crippen LogP contribution in [0.4, 0.5) is 0 Å². The smallest absolute Gasteiger partial charge is 0.243 e. The molecule has 1 aromatic carbocycles. The Kier molecular flexibility index (Phi) is 5.50. The van der Waals surface area contributed by atoms with Crippen molar-refractivity contribution in [1.82, 2.24) is 10.6 Å². The van der Waals surface area contributed by atoms with E-state index >= 15 is 0 Å². The van der Waals surface area contributed by atoms with E-state index in [9.17, 15) is 9.59 Å². The zero-order valence-corrected chi connectivity index (χ0v) is 12.3. The lowest BCUT2D eigenvalue weighted by Crippen LogP contribution is -2.42. The molecule has 0 unspecified atom stereocenters. The lowest BCUT2D eigenvalue weighted by Gasteiger charge is -2.27. The maximum absolute atomic E-state index is 11.9. The van der Waals surface area contributed by atoms with Crippen molar-refractivity contribution < 1.29 is 9.59 Å². The molecular formula is C16H22N2O2. The number of amides is 2. The van der Waals surface area contributed by atoms with Crippen molar-refractivity contribution in [3.05, 3.63) is 48.0 Å². The van der Waals surface area contributed by atoms with Crippen molar-refractivity contribution in [3.8, 4) is 0 Å². The van der Waals surface area contributed by atoms with E-state index in [1.54, 1.807) is 0 Å². The summed E-state index contributed by atoms with van der Waals surface area (Å²) < 4.78 is 0. The molecule has 0 aromatic heterocycles. The predicted molar refractivity (Wildman–Crippen MR) is 80.2 cm³/mol. The maximum atomic E-state index is 11.9. The lowest BCUT2D eigenvalue weighted by molar-refractivity contribution is -0.122. The molecule has 108 valence electrons. The first-order valence-electron chi connectivity index (χ1n) is 6.63. The first-order chi connectivity index (χ1) is 9.35. The number of hydrogen-bond acceptors (Lipinski definition) is 2. The van der Waals surface area contributed by atoms with Crippen molar-refractivity contribution in [1.29, 1.82) is 0 Å². The van der Waals surface area contributed by atoms with Gasteiger partial charge in [0.2, 0.25) is 11.8 Å². The first-order valence-corrected chi connectivity index (χ1v) is 6.63. The normalized spacial score (nSPS) is 10.8. The van der Waals surface area contributed by atoms with E-state index in [1.807, 2.05) is 39.0 Å². The molecule has 0 aliphatic heterocycles. The summed E-state index contributed by atoms with van der Waals surface area (Å²) in [7, 11) is 0. The molecule has 0 bridgehead atoms. The highest BCUT2D eigenvalue weighted by molar-refractivity contribution is 5.87. The van der Waals surface area contributed by atoms with Crippen LogP contribution in [0.3, 0.4) is 0 Å². The molecule has 0 saturated heterocycles. The molecule has 0 aliphatic carbocycles. The Hall–Kier alpha value is -2.10. The van der Waals surface area contributed by atoms with Gasteiger partial charge in [-0.25, -0.2) is 0 Å². The Morgan fingerprint density at radius 1 is 1.35 bits per heavy atom. The Balaban J connectivity index is 2.55. The summed E-state index contributed by atoms with van der Waals surface area (Å²) in [5.74, 6) is -0.364. The minimum Gasteiger partial charge on any atom is -0.352 e. The fraction of sp³-hybridized carbons (Fsp3) is 0.375. The Morgan fingerprint density at radius 2 is 2.05 bits per heavy atom. The van der Waals surface area contributed by atoms with Crippen molar-refractivity contribution >= 4 is 11.8 Å². The maximum Gasteiger partial charge on any atom is 0.243 e. The molecule has 0 radical (unpaired) electrons. The number of aryl methyl sites for hydroxylation is 1. The van der Waals surface area contributed by atoms with E-state index < -0.39 is 5.54 Å². The van der Waals surface area contributed by atoms with Crippen LogP contribution in [-0.4, -0.2) is 18.4 Å². The van der Waals surface area contributed by atoms with Crippen LogP contribution in [0.5, 0.6) is 0 Å². The van der Waals surface area contributed by atoms with Crippen LogP contribution in [0.15, 0.2) is 36.9 Å². The van der Waals surface area contributed by atoms with Gasteiger partial charge in [-0.15, -0.1) is 0 Å². The van der Waals surface area contributed by atoms with Gasteiger partial charge >= 0.3 is 0 Å². The Labute approximate surface area is 120 Å². The zero-order valence-electron chi connectivity index (χ0n) is 12.3. The fourth-order valence-electron chi connectivity index (χ4n) is 1.89. The average molecular weight is 274 g/mol. The summed E-state index contributed by atoms with van der Waals surface area (Å²) in [6, 6.07) is 8.04. The van der Waals surface area contributed by atoms with Gasteiger partial charge in [0.1, 0.15) is 0 Å². The van der Waals surface area contributed by atoms with E-state index in [4.69, 9.17) is 0 Å². The number of hydrogen-bond donors (Lipinski definition) is 2. The third-order valence-electron chi connectivity index (χ3n) is 3.03. The van der Waals surface area contributed by atoms with Crippen molar-refractivity contribution in [2.75, 3.05) is 6.54 Å². The van der Waals surface area contributed by atoms with Gasteiger partial charge in [0.05, 0.1) is 5.54 Å². The molecule has 0 atom stereocenters. The van der Waals surface area contributed by atoms with Crippen LogP contribution in [0.2, 0.25) is 0 Å². The Bertz CT molecular complexity index is 507. The SMILES string of the molecule is C=CC(=O)NCCC(=O)NC(C)(C)c1cccc(C)c1. The molecule has 1 aromatic rings. The highest BCUT2D eigenvalue weighted by atomic mass is 16.2. The van der Waals surface area contributed by atoms with Crippen molar-refractivity contribution in [2.24, 2.45) is 0 Å². The van der Waals surface area contributed by atoms with Gasteiger partial charge < -0.3 is 10.6 Å². The minimum absolute atomic E-state index is 0.0964. The van der Waals surface area contributed by atoms with Crippen molar-refractivity contribution in [2.45, 2.75) is 32.7 Å². The topological polar surface area (TPSA) is 58.2 Å². The quantitative estimate of drug-likeness (QED) is 0.780. The monoisotopic (exact) mass is 274 g/mol. The van der Waals surface area contributed by atoms with Gasteiger partial charge in [-0.05, 0) is 32.4 Å². The van der Waals surface area contributed by atoms with E-state index in [0.29, 0.717) is 6.54 Å². The molecule has 20 heavy (non-hydrogen) atoms. The van der Waals surface area contributed by atoms with Gasteiger partial charge in [0, 0.05) is 13.0 Å². The van der Waals surface area contributed by atoms with Crippen LogP contribution >= 0.6 is 0 Å². The van der Waals surface area contributed by atoms with Crippen molar-refractivity contribution in [3.63, 3.8) is 0 Å². The summed E-state index contributed by atoms with van der Waals surface area (Å²) in [6.07, 6.45) is 1.43. The second-order valence-electron chi connectivity index (χ2n) is 5.29. The molecule has 1 rings (SSSR count). The number of carbonyl (C=O) groups excluding carboxylic acids is 2. The van der Waals surface area contributed by atoms with E-state index in [-0.39, 0.29) is 18.2 Å². The van der Waals surface area contributed by atoms with Crippen LogP contribution < -0.4 is 10.6 Å². The number of rotatable bonds is 6. The Morgan fingerprint density at radius 3 is 2.65 bits per heavy atom. The van der Waals surface area contributed by atoms with Crippen LogP contribution in [0, 0.1) is 6.92 Å². The third kappa shape index (κ3) is 4.88. The second kappa shape index (κ2) is 6.89. The molecule has 4 nitrogen and oxygen atoms in total. The number of carbonyl (C=O) groups is 2. The average Bonchev–Trinajstić information content (AvgIpc) is 2.38. The largest absolute Gasteiger partial charge is 0.352 e. The number of benzene rings is 1. The molecular weight excluding hydrogens is 252 g/mol. The highest BCUT2D eigenvalue weighted by Gasteiger charge is 2.22. The molecule has 0 spiro atoms. The van der Waals surface area contributed by atoms with Gasteiger partial charge in [-0.1, -0.05) is 36.4 Å². The third-order valence-corrected chi connectivity index (χ3v) is 3.03. The van der Waals surface area contributed by atoms with Gasteiger partial charge in [-0.3, -0.25) is 9.59 Å². The van der Waals surface area contributed by atoms with E-state index in [0.717, 1.165) is 11.1 Å². The minimum atomic E-state index is -0.439. The van der Waals surface area contributed by atoms with Gasteiger partial charge in [-0.2, -0.15) is 0 Å². The highest BCUT2D eigenvalue weighted by Crippen LogP contribution is 2.20. The summed E-state index contributed by atoms with van der Waals surface area (Å²) in [6.45, 7) is 9.60. The summed E-state index contributed by atoms with van der Waals surface area (Å²) in [5.41, 5.74) is 1.77. The van der Waals surface area contributed by atoms with Gasteiger partial charge in [0.15, 0.2) is 0 Å². The molecule has 0 saturated carbocycles. The van der Waals surface area contributed by atoms with Crippen LogP contribution in [0.1, 0.15) is 31.4 Å². The standard InChI is InChI=1S/C16H22N2O2/c1-5-14(19)17-10-9-15(20)18-16(3,4)13-8-6-7-12(2)11-13/h5-8,11H,1,9-10H2,2-4H3,(H,17,19)(H,18,20). The molecule has 4 heteroatoms. The van der Waals surface area contributed by atoms with Crippen LogP contribution in [0.25, 0.3) is 0 Å². The molecule has 0 fully saturated rings. The van der Waals surface area contributed by atoms with E-state index in [2.05, 4.69) is 23.3 Å². The van der Waals surface area contributed by atoms with Gasteiger partial charge in [0.25, 0.3) is 0 Å². The number of nitrogens with one attached hydrogen (secondary N) is 2. The first kappa shape index (κ1) is 16.0. The zero-order chi connectivity index (χ0) is 15.2. The molecule has 2 N–H and O–H groups in total. The lowest BCUT2D eigenvalue weighted by atomic mass is 9.93. The summed E-state index contributed by atoms with van der Waals surface area (Å²) in [4.78, 5) is 22.9. The second-order valence-corrected chi connectivity index (χ2v) is 5.29. The van der Waals surface area contributed by atoms with Crippen LogP contribution in [-0.2, 0) is 15.1 Å². The predicted octanol–water partition coefficient (Wildman–Crippen LogP) is 2.04. The summed E-state index contributed by atoms with van der Waals surface area (Å²) in [5, 5.41) is 5.56. The summed E-state index contributed by atoms with van der Waals surface area (Å²) >= 11 is 0. The molecule has 0 aliphatic rings. The van der Waals surface area contributed by atoms with E-state index in [1.165, 1.54) is 6.08 Å². The molecule has 2 amide bonds. The fourth-order valence-corrected chi connectivity index (χ4v) is 1.89. The molecule has 0 heterocycles.